The zero-order valence-corrected chi connectivity index (χ0v) is 7.10. The molecule has 0 saturated carbocycles. The summed E-state index contributed by atoms with van der Waals surface area (Å²) < 4.78 is 5.19. The number of nitrogens with one attached hydrogen (secondary N) is 1. The minimum absolute atomic E-state index is 0.198. The van der Waals surface area contributed by atoms with E-state index in [1.807, 2.05) is 12.4 Å². The van der Waals surface area contributed by atoms with Gasteiger partial charge in [-0.25, -0.2) is 0 Å². The first-order valence-corrected chi connectivity index (χ1v) is 4.32. The lowest BCUT2D eigenvalue weighted by Gasteiger charge is -2.39. The maximum absolute atomic E-state index is 5.19. The predicted molar refractivity (Wildman–Crippen MR) is 47.1 cm³/mol. The van der Waals surface area contributed by atoms with Crippen LogP contribution >= 0.6 is 12.6 Å². The molecule has 60 valence electrons. The Morgan fingerprint density at radius 2 is 2.45 bits per heavy atom. The Morgan fingerprint density at radius 1 is 1.64 bits per heavy atom. The molecule has 0 bridgehead atoms. The number of hydrogen-bond acceptors (Lipinski definition) is 2. The Labute approximate surface area is 71.4 Å². The molecule has 1 saturated heterocycles. The highest BCUT2D eigenvalue weighted by Gasteiger charge is 2.39. The molecule has 1 aromatic heterocycles. The highest BCUT2D eigenvalue weighted by atomic mass is 32.1. The van der Waals surface area contributed by atoms with Crippen LogP contribution in [0, 0.1) is 0 Å². The minimum atomic E-state index is 0.198. The van der Waals surface area contributed by atoms with Gasteiger partial charge in [0.25, 0.3) is 0 Å². The lowest BCUT2D eigenvalue weighted by atomic mass is 9.82. The number of aromatic amines is 1. The van der Waals surface area contributed by atoms with Crippen molar-refractivity contribution >= 4 is 12.6 Å². The van der Waals surface area contributed by atoms with Crippen LogP contribution in [0.15, 0.2) is 18.5 Å². The summed E-state index contributed by atoms with van der Waals surface area (Å²) in [4.78, 5) is 3.05. The molecule has 0 unspecified atom stereocenters. The highest BCUT2D eigenvalue weighted by molar-refractivity contribution is 7.80. The van der Waals surface area contributed by atoms with Crippen molar-refractivity contribution in [2.45, 2.75) is 5.41 Å². The molecule has 2 nitrogen and oxygen atoms in total. The largest absolute Gasteiger partial charge is 0.379 e. The van der Waals surface area contributed by atoms with Crippen molar-refractivity contribution in [2.24, 2.45) is 0 Å². The first-order chi connectivity index (χ1) is 5.37. The van der Waals surface area contributed by atoms with Crippen LogP contribution in [-0.4, -0.2) is 24.0 Å². The second-order valence-corrected chi connectivity index (χ2v) is 3.35. The van der Waals surface area contributed by atoms with Crippen LogP contribution in [0.1, 0.15) is 5.56 Å². The van der Waals surface area contributed by atoms with E-state index in [2.05, 4.69) is 23.7 Å². The Morgan fingerprint density at radius 3 is 2.82 bits per heavy atom. The number of aromatic nitrogens is 1. The number of thiol groups is 1. The summed E-state index contributed by atoms with van der Waals surface area (Å²) in [5.41, 5.74) is 1.52. The Kier molecular flexibility index (Phi) is 1.69. The molecule has 1 N–H and O–H groups in total. The molecule has 0 aromatic carbocycles. The lowest BCUT2D eigenvalue weighted by Crippen LogP contribution is -2.48. The van der Waals surface area contributed by atoms with Crippen molar-refractivity contribution in [1.29, 1.82) is 0 Å². The fraction of sp³-hybridized carbons (Fsp3) is 0.500. The van der Waals surface area contributed by atoms with Gasteiger partial charge in [0.2, 0.25) is 0 Å². The van der Waals surface area contributed by atoms with E-state index in [0.717, 1.165) is 19.0 Å². The standard InChI is InChI=1S/C8H11NOS/c11-6-8(4-10-5-8)7-1-2-9-3-7/h1-3,9,11H,4-6H2. The van der Waals surface area contributed by atoms with Gasteiger partial charge in [-0.15, -0.1) is 0 Å². The third-order valence-corrected chi connectivity index (χ3v) is 2.88. The maximum Gasteiger partial charge on any atom is 0.0594 e. The van der Waals surface area contributed by atoms with E-state index in [4.69, 9.17) is 4.74 Å². The molecular weight excluding hydrogens is 158 g/mol. The second kappa shape index (κ2) is 2.57. The van der Waals surface area contributed by atoms with Gasteiger partial charge in [0.1, 0.15) is 0 Å². The van der Waals surface area contributed by atoms with Gasteiger partial charge in [-0.3, -0.25) is 0 Å². The summed E-state index contributed by atoms with van der Waals surface area (Å²) in [6, 6.07) is 2.10. The van der Waals surface area contributed by atoms with E-state index in [-0.39, 0.29) is 5.41 Å². The fourth-order valence-corrected chi connectivity index (χ4v) is 1.72. The second-order valence-electron chi connectivity index (χ2n) is 3.03. The third-order valence-electron chi connectivity index (χ3n) is 2.27. The third kappa shape index (κ3) is 0.993. The Balaban J connectivity index is 2.25. The van der Waals surface area contributed by atoms with Crippen LogP contribution in [0.3, 0.4) is 0 Å². The van der Waals surface area contributed by atoms with E-state index in [0.29, 0.717) is 0 Å². The molecule has 0 radical (unpaired) electrons. The SMILES string of the molecule is SCC1(c2cc[nH]c2)COC1. The normalized spacial score (nSPS) is 21.2. The summed E-state index contributed by atoms with van der Waals surface area (Å²) in [5.74, 6) is 0.866. The van der Waals surface area contributed by atoms with Crippen molar-refractivity contribution in [3.63, 3.8) is 0 Å². The first kappa shape index (κ1) is 7.25. The van der Waals surface area contributed by atoms with E-state index >= 15 is 0 Å². The lowest BCUT2D eigenvalue weighted by molar-refractivity contribution is -0.0470. The molecule has 2 heterocycles. The molecule has 0 amide bonds. The number of rotatable bonds is 2. The number of ether oxygens (including phenoxy) is 1. The van der Waals surface area contributed by atoms with E-state index < -0.39 is 0 Å². The molecule has 0 aliphatic carbocycles. The smallest absolute Gasteiger partial charge is 0.0594 e. The summed E-state index contributed by atoms with van der Waals surface area (Å²) in [5, 5.41) is 0. The molecule has 0 spiro atoms. The zero-order chi connectivity index (χ0) is 7.73. The quantitative estimate of drug-likeness (QED) is 0.639. The maximum atomic E-state index is 5.19. The van der Waals surface area contributed by atoms with Crippen LogP contribution in [0.5, 0.6) is 0 Å². The molecule has 1 aromatic rings. The van der Waals surface area contributed by atoms with Crippen molar-refractivity contribution in [3.8, 4) is 0 Å². The Hall–Kier alpha value is -0.410. The molecule has 2 rings (SSSR count). The number of hydrogen-bond donors (Lipinski definition) is 2. The van der Waals surface area contributed by atoms with Gasteiger partial charge in [-0.05, 0) is 11.6 Å². The van der Waals surface area contributed by atoms with Crippen LogP contribution in [0.4, 0.5) is 0 Å². The van der Waals surface area contributed by atoms with Gasteiger partial charge >= 0.3 is 0 Å². The molecule has 3 heteroatoms. The van der Waals surface area contributed by atoms with Crippen molar-refractivity contribution < 1.29 is 4.74 Å². The van der Waals surface area contributed by atoms with Gasteiger partial charge in [0.15, 0.2) is 0 Å². The van der Waals surface area contributed by atoms with Crippen molar-refractivity contribution in [2.75, 3.05) is 19.0 Å². The van der Waals surface area contributed by atoms with Crippen molar-refractivity contribution in [1.82, 2.24) is 4.98 Å². The average molecular weight is 169 g/mol. The highest BCUT2D eigenvalue weighted by Crippen LogP contribution is 2.32. The molecule has 1 fully saturated rings. The van der Waals surface area contributed by atoms with Gasteiger partial charge in [-0.1, -0.05) is 0 Å². The van der Waals surface area contributed by atoms with Crippen LogP contribution in [0.2, 0.25) is 0 Å². The van der Waals surface area contributed by atoms with Gasteiger partial charge in [-0.2, -0.15) is 12.6 Å². The van der Waals surface area contributed by atoms with Crippen LogP contribution in [-0.2, 0) is 10.2 Å². The van der Waals surface area contributed by atoms with Crippen LogP contribution < -0.4 is 0 Å². The summed E-state index contributed by atoms with van der Waals surface area (Å²) in [6.45, 7) is 1.63. The van der Waals surface area contributed by atoms with Gasteiger partial charge < -0.3 is 9.72 Å². The summed E-state index contributed by atoms with van der Waals surface area (Å²) in [7, 11) is 0. The first-order valence-electron chi connectivity index (χ1n) is 3.69. The molecule has 1 aliphatic rings. The summed E-state index contributed by atoms with van der Waals surface area (Å²) in [6.07, 6.45) is 3.97. The monoisotopic (exact) mass is 169 g/mol. The topological polar surface area (TPSA) is 25.0 Å². The average Bonchev–Trinajstić information content (AvgIpc) is 2.39. The molecule has 0 atom stereocenters. The van der Waals surface area contributed by atoms with E-state index in [9.17, 15) is 0 Å². The van der Waals surface area contributed by atoms with Gasteiger partial charge in [0.05, 0.1) is 18.6 Å². The van der Waals surface area contributed by atoms with Gasteiger partial charge in [0, 0.05) is 18.1 Å². The minimum Gasteiger partial charge on any atom is -0.379 e. The molecular formula is C8H11NOS. The zero-order valence-electron chi connectivity index (χ0n) is 6.21. The van der Waals surface area contributed by atoms with E-state index in [1.54, 1.807) is 0 Å². The Bertz CT molecular complexity index is 223. The van der Waals surface area contributed by atoms with Crippen molar-refractivity contribution in [3.05, 3.63) is 24.0 Å². The summed E-state index contributed by atoms with van der Waals surface area (Å²) >= 11 is 4.33. The molecule has 11 heavy (non-hydrogen) atoms. The fourth-order valence-electron chi connectivity index (χ4n) is 1.35. The predicted octanol–water partition coefficient (Wildman–Crippen LogP) is 1.21. The number of H-pyrrole nitrogens is 1. The van der Waals surface area contributed by atoms with E-state index in [1.165, 1.54) is 5.56 Å². The molecule has 1 aliphatic heterocycles. The van der Waals surface area contributed by atoms with Crippen LogP contribution in [0.25, 0.3) is 0 Å².